The van der Waals surface area contributed by atoms with Crippen LogP contribution in [0.4, 0.5) is 11.5 Å². The predicted molar refractivity (Wildman–Crippen MR) is 73.5 cm³/mol. The molecule has 6 nitrogen and oxygen atoms in total. The summed E-state index contributed by atoms with van der Waals surface area (Å²) in [5.41, 5.74) is 9.88. The molecule has 0 amide bonds. The number of aromatic amines is 1. The summed E-state index contributed by atoms with van der Waals surface area (Å²) in [6.07, 6.45) is 4.06. The minimum absolute atomic E-state index is 0.0538. The van der Waals surface area contributed by atoms with E-state index in [2.05, 4.69) is 18.8 Å². The first-order valence-electron chi connectivity index (χ1n) is 6.39. The average molecular weight is 254 g/mol. The molecular weight excluding hydrogens is 232 g/mol. The third-order valence-corrected chi connectivity index (χ3v) is 3.29. The van der Waals surface area contributed by atoms with Crippen molar-refractivity contribution in [1.82, 2.24) is 9.55 Å². The Bertz CT molecular complexity index is 504. The van der Waals surface area contributed by atoms with Crippen LogP contribution in [-0.2, 0) is 6.54 Å². The molecule has 0 saturated heterocycles. The summed E-state index contributed by atoms with van der Waals surface area (Å²) in [7, 11) is 0. The quantitative estimate of drug-likeness (QED) is 0.701. The van der Waals surface area contributed by atoms with E-state index in [1.54, 1.807) is 0 Å². The van der Waals surface area contributed by atoms with Crippen LogP contribution in [0.25, 0.3) is 0 Å². The SMILES string of the molecule is CCCC(CC)CCn1c(=O)[nH]c(N)c(N)c1=O. The summed E-state index contributed by atoms with van der Waals surface area (Å²) < 4.78 is 1.13. The molecule has 0 saturated carbocycles. The van der Waals surface area contributed by atoms with Gasteiger partial charge in [0.1, 0.15) is 11.5 Å². The van der Waals surface area contributed by atoms with Gasteiger partial charge in [-0.15, -0.1) is 0 Å². The van der Waals surface area contributed by atoms with Gasteiger partial charge < -0.3 is 11.5 Å². The lowest BCUT2D eigenvalue weighted by Crippen LogP contribution is -2.37. The predicted octanol–water partition coefficient (Wildman–Crippen LogP) is 0.917. The second kappa shape index (κ2) is 6.28. The van der Waals surface area contributed by atoms with Crippen LogP contribution < -0.4 is 22.7 Å². The van der Waals surface area contributed by atoms with E-state index in [4.69, 9.17) is 11.5 Å². The highest BCUT2D eigenvalue weighted by molar-refractivity contribution is 5.55. The molecule has 5 N–H and O–H groups in total. The van der Waals surface area contributed by atoms with Crippen molar-refractivity contribution in [2.45, 2.75) is 46.1 Å². The van der Waals surface area contributed by atoms with Crippen LogP contribution >= 0.6 is 0 Å². The van der Waals surface area contributed by atoms with Crippen LogP contribution in [-0.4, -0.2) is 9.55 Å². The van der Waals surface area contributed by atoms with E-state index in [1.807, 2.05) is 0 Å². The minimum atomic E-state index is -0.498. The van der Waals surface area contributed by atoms with E-state index in [-0.39, 0.29) is 11.5 Å². The number of nitrogen functional groups attached to an aromatic ring is 2. The van der Waals surface area contributed by atoms with Gasteiger partial charge in [0.25, 0.3) is 5.56 Å². The lowest BCUT2D eigenvalue weighted by molar-refractivity contribution is 0.395. The second-order valence-electron chi connectivity index (χ2n) is 4.57. The summed E-state index contributed by atoms with van der Waals surface area (Å²) in [6, 6.07) is 0. The number of rotatable bonds is 6. The number of aromatic nitrogens is 2. The zero-order valence-electron chi connectivity index (χ0n) is 11.0. The molecule has 0 aromatic carbocycles. The molecule has 0 spiro atoms. The Hall–Kier alpha value is -1.72. The van der Waals surface area contributed by atoms with Gasteiger partial charge in [-0.05, 0) is 12.3 Å². The van der Waals surface area contributed by atoms with E-state index in [1.165, 1.54) is 0 Å². The second-order valence-corrected chi connectivity index (χ2v) is 4.57. The Morgan fingerprint density at radius 1 is 1.22 bits per heavy atom. The molecule has 6 heteroatoms. The molecule has 102 valence electrons. The van der Waals surface area contributed by atoms with Gasteiger partial charge in [-0.25, -0.2) is 4.79 Å². The minimum Gasteiger partial charge on any atom is -0.391 e. The Morgan fingerprint density at radius 3 is 2.44 bits per heavy atom. The first kappa shape index (κ1) is 14.3. The molecule has 18 heavy (non-hydrogen) atoms. The monoisotopic (exact) mass is 254 g/mol. The van der Waals surface area contributed by atoms with Crippen molar-refractivity contribution in [2.24, 2.45) is 5.92 Å². The molecule has 1 atom stereocenters. The zero-order chi connectivity index (χ0) is 13.7. The van der Waals surface area contributed by atoms with Crippen LogP contribution in [0.1, 0.15) is 39.5 Å². The number of hydrogen-bond acceptors (Lipinski definition) is 4. The fraction of sp³-hybridized carbons (Fsp3) is 0.667. The Kier molecular flexibility index (Phi) is 5.00. The largest absolute Gasteiger partial charge is 0.391 e. The molecule has 0 radical (unpaired) electrons. The molecule has 1 unspecified atom stereocenters. The van der Waals surface area contributed by atoms with E-state index in [0.29, 0.717) is 12.5 Å². The molecule has 0 fully saturated rings. The van der Waals surface area contributed by atoms with Crippen molar-refractivity contribution in [3.05, 3.63) is 20.8 Å². The summed E-state index contributed by atoms with van der Waals surface area (Å²) in [5, 5.41) is 0. The van der Waals surface area contributed by atoms with Crippen LogP contribution in [0.2, 0.25) is 0 Å². The van der Waals surface area contributed by atoms with Crippen molar-refractivity contribution < 1.29 is 0 Å². The zero-order valence-corrected chi connectivity index (χ0v) is 11.0. The number of nitrogens with zero attached hydrogens (tertiary/aromatic N) is 1. The number of nitrogens with one attached hydrogen (secondary N) is 1. The highest BCUT2D eigenvalue weighted by atomic mass is 16.2. The van der Waals surface area contributed by atoms with Crippen molar-refractivity contribution in [2.75, 3.05) is 11.5 Å². The molecule has 0 aliphatic rings. The van der Waals surface area contributed by atoms with Crippen LogP contribution in [0.5, 0.6) is 0 Å². The number of hydrogen-bond donors (Lipinski definition) is 3. The van der Waals surface area contributed by atoms with Crippen LogP contribution in [0, 0.1) is 5.92 Å². The topological polar surface area (TPSA) is 107 Å². The number of H-pyrrole nitrogens is 1. The molecule has 0 aliphatic heterocycles. The van der Waals surface area contributed by atoms with Gasteiger partial charge in [0.2, 0.25) is 0 Å². The van der Waals surface area contributed by atoms with Crippen molar-refractivity contribution in [3.8, 4) is 0 Å². The van der Waals surface area contributed by atoms with Crippen LogP contribution in [0.3, 0.4) is 0 Å². The van der Waals surface area contributed by atoms with E-state index >= 15 is 0 Å². The van der Waals surface area contributed by atoms with Gasteiger partial charge in [-0.1, -0.05) is 33.1 Å². The maximum absolute atomic E-state index is 11.8. The van der Waals surface area contributed by atoms with Gasteiger partial charge in [0.05, 0.1) is 0 Å². The summed E-state index contributed by atoms with van der Waals surface area (Å²) >= 11 is 0. The lowest BCUT2D eigenvalue weighted by atomic mass is 9.97. The molecule has 1 aromatic rings. The Labute approximate surface area is 106 Å². The molecule has 0 aliphatic carbocycles. The standard InChI is InChI=1S/C12H22N4O2/c1-3-5-8(4-2)6-7-16-11(17)9(13)10(14)15-12(16)18/h8H,3-7,13-14H2,1-2H3,(H,15,18). The third-order valence-electron chi connectivity index (χ3n) is 3.29. The van der Waals surface area contributed by atoms with Crippen LogP contribution in [0.15, 0.2) is 9.59 Å². The summed E-state index contributed by atoms with van der Waals surface area (Å²) in [4.78, 5) is 25.8. The number of anilines is 2. The van der Waals surface area contributed by atoms with Crippen molar-refractivity contribution >= 4 is 11.5 Å². The maximum atomic E-state index is 11.8. The molecular formula is C12H22N4O2. The normalized spacial score (nSPS) is 12.6. The molecule has 0 bridgehead atoms. The lowest BCUT2D eigenvalue weighted by Gasteiger charge is -2.14. The first-order chi connectivity index (χ1) is 8.51. The molecule has 1 rings (SSSR count). The van der Waals surface area contributed by atoms with Crippen molar-refractivity contribution in [3.63, 3.8) is 0 Å². The smallest absolute Gasteiger partial charge is 0.330 e. The summed E-state index contributed by atoms with van der Waals surface area (Å²) in [5.74, 6) is 0.474. The highest BCUT2D eigenvalue weighted by Crippen LogP contribution is 2.15. The highest BCUT2D eigenvalue weighted by Gasteiger charge is 2.11. The third kappa shape index (κ3) is 3.15. The van der Waals surface area contributed by atoms with Gasteiger partial charge in [-0.3, -0.25) is 14.3 Å². The molecule has 1 aromatic heterocycles. The maximum Gasteiger partial charge on any atom is 0.330 e. The van der Waals surface area contributed by atoms with E-state index < -0.39 is 11.2 Å². The Balaban J connectivity index is 2.89. The first-order valence-corrected chi connectivity index (χ1v) is 6.39. The van der Waals surface area contributed by atoms with Crippen molar-refractivity contribution in [1.29, 1.82) is 0 Å². The van der Waals surface area contributed by atoms with E-state index in [0.717, 1.165) is 30.3 Å². The van der Waals surface area contributed by atoms with Gasteiger partial charge >= 0.3 is 5.69 Å². The van der Waals surface area contributed by atoms with E-state index in [9.17, 15) is 9.59 Å². The number of nitrogens with two attached hydrogens (primary N) is 2. The Morgan fingerprint density at radius 2 is 1.89 bits per heavy atom. The summed E-state index contributed by atoms with van der Waals surface area (Å²) in [6.45, 7) is 4.63. The van der Waals surface area contributed by atoms with Gasteiger partial charge in [-0.2, -0.15) is 0 Å². The fourth-order valence-corrected chi connectivity index (χ4v) is 2.08. The molecule has 1 heterocycles. The van der Waals surface area contributed by atoms with Gasteiger partial charge in [0.15, 0.2) is 0 Å². The fourth-order valence-electron chi connectivity index (χ4n) is 2.08. The average Bonchev–Trinajstić information content (AvgIpc) is 2.34. The van der Waals surface area contributed by atoms with Gasteiger partial charge in [0, 0.05) is 6.54 Å².